The zero-order valence-corrected chi connectivity index (χ0v) is 26.3. The summed E-state index contributed by atoms with van der Waals surface area (Å²) in [6.07, 6.45) is 8.90. The molecule has 0 radical (unpaired) electrons. The molecule has 1 spiro atoms. The van der Waals surface area contributed by atoms with Gasteiger partial charge in [0.15, 0.2) is 0 Å². The first kappa shape index (κ1) is 32.9. The summed E-state index contributed by atoms with van der Waals surface area (Å²) in [5.41, 5.74) is -0.522. The number of ether oxygens (including phenoxy) is 2. The van der Waals surface area contributed by atoms with Crippen LogP contribution in [0.15, 0.2) is 55.6 Å². The highest BCUT2D eigenvalue weighted by atomic mass is 16.6. The summed E-state index contributed by atoms with van der Waals surface area (Å²) in [7, 11) is 0. The quantitative estimate of drug-likeness (QED) is 0.241. The number of hydrogen-bond donors (Lipinski definition) is 2. The number of nitrogens with one attached hydrogen (secondary N) is 1. The van der Waals surface area contributed by atoms with E-state index in [0.29, 0.717) is 37.8 Å². The van der Waals surface area contributed by atoms with Crippen molar-refractivity contribution >= 4 is 23.7 Å². The summed E-state index contributed by atoms with van der Waals surface area (Å²) >= 11 is 0. The first-order valence-electron chi connectivity index (χ1n) is 16.4. The second-order valence-corrected chi connectivity index (χ2v) is 12.9. The van der Waals surface area contributed by atoms with E-state index in [2.05, 4.69) is 18.5 Å². The summed E-state index contributed by atoms with van der Waals surface area (Å²) < 4.78 is 12.4. The minimum absolute atomic E-state index is 0.0165. The van der Waals surface area contributed by atoms with Crippen LogP contribution in [0.5, 0.6) is 0 Å². The fourth-order valence-electron chi connectivity index (χ4n) is 8.01. The van der Waals surface area contributed by atoms with Crippen LogP contribution in [-0.2, 0) is 28.7 Å². The van der Waals surface area contributed by atoms with Crippen LogP contribution >= 0.6 is 0 Å². The minimum atomic E-state index is -1.22. The number of carbonyl (C=O) groups excluding carboxylic acids is 4. The molecule has 0 aromatic heterocycles. The molecule has 5 rings (SSSR count). The lowest BCUT2D eigenvalue weighted by Gasteiger charge is -2.42. The number of hydrogen-bond acceptors (Lipinski definition) is 7. The van der Waals surface area contributed by atoms with Gasteiger partial charge in [-0.05, 0) is 44.6 Å². The number of likely N-dealkylation sites (tertiary alicyclic amines) is 1. The zero-order valence-electron chi connectivity index (χ0n) is 26.3. The maximum atomic E-state index is 14.8. The molecule has 10 heteroatoms. The van der Waals surface area contributed by atoms with Gasteiger partial charge in [0, 0.05) is 19.0 Å². The number of allylic oxidation sites excluding steroid dienone is 1. The van der Waals surface area contributed by atoms with Gasteiger partial charge >= 0.3 is 5.97 Å². The first-order valence-corrected chi connectivity index (χ1v) is 16.4. The number of aliphatic hydroxyl groups excluding tert-OH is 1. The number of esters is 1. The molecule has 1 aromatic carbocycles. The molecule has 3 aliphatic heterocycles. The molecule has 3 amide bonds. The molecule has 244 valence electrons. The van der Waals surface area contributed by atoms with Crippen molar-refractivity contribution in [1.82, 2.24) is 15.1 Å². The van der Waals surface area contributed by atoms with E-state index < -0.39 is 54.3 Å². The van der Waals surface area contributed by atoms with Gasteiger partial charge in [-0.2, -0.15) is 0 Å². The molecule has 3 saturated heterocycles. The molecule has 3 heterocycles. The Kier molecular flexibility index (Phi) is 10.4. The Balaban J connectivity index is 1.46. The highest BCUT2D eigenvalue weighted by Gasteiger charge is 2.76. The number of aliphatic hydroxyl groups is 1. The first-order chi connectivity index (χ1) is 21.8. The Bertz CT molecular complexity index is 1260. The van der Waals surface area contributed by atoms with Gasteiger partial charge in [-0.3, -0.25) is 19.2 Å². The van der Waals surface area contributed by atoms with Crippen molar-refractivity contribution in [2.75, 3.05) is 19.7 Å². The number of carbonyl (C=O) groups is 4. The number of nitrogens with zero attached hydrogens (tertiary/aromatic N) is 2. The number of amides is 3. The van der Waals surface area contributed by atoms with Crippen LogP contribution in [0.4, 0.5) is 0 Å². The van der Waals surface area contributed by atoms with E-state index in [9.17, 15) is 24.3 Å². The van der Waals surface area contributed by atoms with Gasteiger partial charge in [0.2, 0.25) is 17.7 Å². The second-order valence-electron chi connectivity index (χ2n) is 12.9. The summed E-state index contributed by atoms with van der Waals surface area (Å²) in [5, 5.41) is 13.5. The third kappa shape index (κ3) is 6.31. The Labute approximate surface area is 265 Å². The number of benzene rings is 1. The molecule has 2 N–H and O–H groups in total. The van der Waals surface area contributed by atoms with Crippen molar-refractivity contribution in [1.29, 1.82) is 0 Å². The average molecular weight is 622 g/mol. The summed E-state index contributed by atoms with van der Waals surface area (Å²) in [6, 6.07) is 7.39. The van der Waals surface area contributed by atoms with E-state index in [-0.39, 0.29) is 30.3 Å². The number of rotatable bonds is 14. The van der Waals surface area contributed by atoms with E-state index >= 15 is 0 Å². The molecule has 45 heavy (non-hydrogen) atoms. The summed E-state index contributed by atoms with van der Waals surface area (Å²) in [6.45, 7) is 9.31. The Morgan fingerprint density at radius 1 is 1.16 bits per heavy atom. The van der Waals surface area contributed by atoms with Gasteiger partial charge in [-0.25, -0.2) is 0 Å². The van der Waals surface area contributed by atoms with Crippen LogP contribution in [0.25, 0.3) is 0 Å². The predicted molar refractivity (Wildman–Crippen MR) is 167 cm³/mol. The highest BCUT2D eigenvalue weighted by molar-refractivity contribution is 5.98. The molecule has 4 aliphatic rings. The van der Waals surface area contributed by atoms with Gasteiger partial charge in [0.25, 0.3) is 0 Å². The van der Waals surface area contributed by atoms with Crippen molar-refractivity contribution in [2.24, 2.45) is 11.8 Å². The lowest BCUT2D eigenvalue weighted by molar-refractivity contribution is -0.160. The Hall–Kier alpha value is -3.50. The third-order valence-electron chi connectivity index (χ3n) is 10.0. The van der Waals surface area contributed by atoms with E-state index in [1.54, 1.807) is 19.1 Å². The molecule has 7 atom stereocenters. The van der Waals surface area contributed by atoms with Gasteiger partial charge in [0.05, 0.1) is 37.1 Å². The molecule has 1 saturated carbocycles. The van der Waals surface area contributed by atoms with Crippen LogP contribution in [0, 0.1) is 11.8 Å². The van der Waals surface area contributed by atoms with Gasteiger partial charge in [0.1, 0.15) is 17.7 Å². The standard InChI is InChI=1S/C35H47N3O7/c1-4-6-17-28(40)36-21-23(3)44-34(43)29-27-18-19-35(45-27)30(29)32(41)38(26(22-39)24-13-9-7-10-14-24)31(35)33(42)37(20-5-2)25-15-11-8-12-16-25/h4-5,7,9-10,13-14,23,25-27,29-31,39H,1-2,6,8,11-12,15-22H2,3H3,(H,36,40)/t23-,26+,27+,29-,30-,31+,35-/m0/s1. The Morgan fingerprint density at radius 2 is 1.89 bits per heavy atom. The smallest absolute Gasteiger partial charge is 0.312 e. The van der Waals surface area contributed by atoms with Crippen LogP contribution in [0.3, 0.4) is 0 Å². The zero-order chi connectivity index (χ0) is 32.1. The molecule has 4 fully saturated rings. The van der Waals surface area contributed by atoms with Gasteiger partial charge < -0.3 is 29.7 Å². The highest BCUT2D eigenvalue weighted by Crippen LogP contribution is 2.60. The van der Waals surface area contributed by atoms with Crippen molar-refractivity contribution < 1.29 is 33.8 Å². The van der Waals surface area contributed by atoms with Gasteiger partial charge in [-0.1, -0.05) is 61.7 Å². The number of fused-ring (bicyclic) bond motifs is 1. The molecule has 2 bridgehead atoms. The molecular formula is C35H47N3O7. The van der Waals surface area contributed by atoms with Crippen LogP contribution in [-0.4, -0.2) is 88.2 Å². The van der Waals surface area contributed by atoms with Crippen molar-refractivity contribution in [3.63, 3.8) is 0 Å². The van der Waals surface area contributed by atoms with Crippen LogP contribution in [0.2, 0.25) is 0 Å². The fraction of sp³-hybridized carbons (Fsp3) is 0.600. The third-order valence-corrected chi connectivity index (χ3v) is 10.0. The van der Waals surface area contributed by atoms with Crippen molar-refractivity contribution in [2.45, 2.75) is 101 Å². The summed E-state index contributed by atoms with van der Waals surface area (Å²) in [5.74, 6) is -3.17. The van der Waals surface area contributed by atoms with Crippen molar-refractivity contribution in [3.8, 4) is 0 Å². The van der Waals surface area contributed by atoms with E-state index in [0.717, 1.165) is 32.1 Å². The Morgan fingerprint density at radius 3 is 2.56 bits per heavy atom. The molecule has 1 aromatic rings. The largest absolute Gasteiger partial charge is 0.460 e. The lowest BCUT2D eigenvalue weighted by Crippen LogP contribution is -2.59. The average Bonchev–Trinajstić information content (AvgIpc) is 3.70. The maximum absolute atomic E-state index is 14.8. The molecule has 1 aliphatic carbocycles. The molecule has 10 nitrogen and oxygen atoms in total. The lowest BCUT2D eigenvalue weighted by atomic mass is 9.70. The summed E-state index contributed by atoms with van der Waals surface area (Å²) in [4.78, 5) is 58.6. The monoisotopic (exact) mass is 621 g/mol. The van der Waals surface area contributed by atoms with E-state index in [1.807, 2.05) is 35.2 Å². The molecule has 0 unspecified atom stereocenters. The van der Waals surface area contributed by atoms with Gasteiger partial charge in [-0.15, -0.1) is 13.2 Å². The fourth-order valence-corrected chi connectivity index (χ4v) is 8.01. The van der Waals surface area contributed by atoms with Crippen LogP contribution in [0.1, 0.15) is 76.3 Å². The van der Waals surface area contributed by atoms with Crippen LogP contribution < -0.4 is 5.32 Å². The second kappa shape index (κ2) is 14.3. The van der Waals surface area contributed by atoms with E-state index in [1.165, 1.54) is 4.90 Å². The predicted octanol–water partition coefficient (Wildman–Crippen LogP) is 3.46. The topological polar surface area (TPSA) is 125 Å². The maximum Gasteiger partial charge on any atom is 0.312 e. The SMILES string of the molecule is C=CCCC(=O)NC[C@H](C)OC(=O)[C@@H]1[C@H]2C(=O)N([C@H](CO)c3ccccc3)[C@H](C(=O)N(CC=C)C3CCCCC3)[C@]23CC[C@H]1O3. The normalized spacial score (nSPS) is 28.7. The minimum Gasteiger partial charge on any atom is -0.460 e. The van der Waals surface area contributed by atoms with Crippen molar-refractivity contribution in [3.05, 3.63) is 61.2 Å². The van der Waals surface area contributed by atoms with E-state index in [4.69, 9.17) is 9.47 Å². The molecular weight excluding hydrogens is 574 g/mol.